The molecule has 1 aliphatic heterocycles. The monoisotopic (exact) mass is 494 g/mol. The Kier molecular flexibility index (Phi) is 7.14. The minimum Gasteiger partial charge on any atom is -0.598 e. The van der Waals surface area contributed by atoms with Gasteiger partial charge in [0.2, 0.25) is 0 Å². The van der Waals surface area contributed by atoms with Gasteiger partial charge in [-0.25, -0.2) is 9.37 Å². The summed E-state index contributed by atoms with van der Waals surface area (Å²) in [6.07, 6.45) is 1.30. The van der Waals surface area contributed by atoms with Gasteiger partial charge in [-0.15, -0.1) is 4.72 Å². The quantitative estimate of drug-likeness (QED) is 0.420. The van der Waals surface area contributed by atoms with Crippen molar-refractivity contribution in [1.29, 1.82) is 5.26 Å². The third-order valence-electron chi connectivity index (χ3n) is 4.86. The molecular formula is C18H28BrFN4O2S2. The van der Waals surface area contributed by atoms with Gasteiger partial charge in [-0.05, 0) is 75.5 Å². The van der Waals surface area contributed by atoms with E-state index < -0.39 is 42.7 Å². The molecule has 4 atom stereocenters. The molecule has 1 saturated heterocycles. The van der Waals surface area contributed by atoms with Crippen molar-refractivity contribution in [2.24, 2.45) is 0 Å². The van der Waals surface area contributed by atoms with E-state index in [9.17, 15) is 18.8 Å². The molecule has 1 fully saturated rings. The molecule has 0 aliphatic carbocycles. The average molecular weight is 495 g/mol. The minimum atomic E-state index is -2.69. The van der Waals surface area contributed by atoms with Gasteiger partial charge in [-0.3, -0.25) is 4.72 Å². The van der Waals surface area contributed by atoms with Crippen LogP contribution in [0.25, 0.3) is 0 Å². The van der Waals surface area contributed by atoms with Crippen LogP contribution in [0.1, 0.15) is 53.2 Å². The molecule has 0 saturated carbocycles. The van der Waals surface area contributed by atoms with Crippen molar-refractivity contribution in [1.82, 2.24) is 14.4 Å². The van der Waals surface area contributed by atoms with Crippen LogP contribution >= 0.6 is 26.4 Å². The molecule has 1 aromatic heterocycles. The molecule has 6 nitrogen and oxygen atoms in total. The molecule has 2 heterocycles. The van der Waals surface area contributed by atoms with Crippen LogP contribution in [0.15, 0.2) is 16.7 Å². The van der Waals surface area contributed by atoms with E-state index in [4.69, 9.17) is 0 Å². The second kappa shape index (κ2) is 8.38. The van der Waals surface area contributed by atoms with Gasteiger partial charge in [0.15, 0.2) is 0 Å². The molecule has 0 amide bonds. The molecule has 0 spiro atoms. The molecular weight excluding hydrogens is 467 g/mol. The second-order valence-electron chi connectivity index (χ2n) is 8.47. The van der Waals surface area contributed by atoms with Gasteiger partial charge in [0, 0.05) is 23.7 Å². The summed E-state index contributed by atoms with van der Waals surface area (Å²) >= 11 is 1.71. The first-order valence-corrected chi connectivity index (χ1v) is 12.7. The molecule has 0 bridgehead atoms. The van der Waals surface area contributed by atoms with Crippen LogP contribution in [-0.4, -0.2) is 35.9 Å². The molecule has 2 unspecified atom stereocenters. The van der Waals surface area contributed by atoms with Gasteiger partial charge in [-0.2, -0.15) is 5.26 Å². The smallest absolute Gasteiger partial charge is 0.146 e. The molecule has 0 radical (unpaired) electrons. The van der Waals surface area contributed by atoms with Crippen LogP contribution in [0.2, 0.25) is 0 Å². The number of nitrogens with one attached hydrogen (secondary N) is 2. The summed E-state index contributed by atoms with van der Waals surface area (Å²) in [5, 5.41) is 9.76. The molecule has 1 aromatic rings. The summed E-state index contributed by atoms with van der Waals surface area (Å²) in [5.74, 6) is -0.576. The van der Waals surface area contributed by atoms with Crippen molar-refractivity contribution < 1.29 is 13.5 Å². The number of pyridine rings is 1. The van der Waals surface area contributed by atoms with Crippen LogP contribution in [0.3, 0.4) is 0 Å². The van der Waals surface area contributed by atoms with Crippen molar-refractivity contribution in [3.05, 3.63) is 28.2 Å². The summed E-state index contributed by atoms with van der Waals surface area (Å²) in [5.41, 5.74) is -1.22. The van der Waals surface area contributed by atoms with Gasteiger partial charge in [-0.1, -0.05) is 10.5 Å². The van der Waals surface area contributed by atoms with Crippen molar-refractivity contribution in [2.75, 3.05) is 12.3 Å². The lowest BCUT2D eigenvalue weighted by Crippen LogP contribution is -2.57. The van der Waals surface area contributed by atoms with E-state index in [0.29, 0.717) is 17.6 Å². The molecule has 28 heavy (non-hydrogen) atoms. The zero-order valence-electron chi connectivity index (χ0n) is 16.8. The largest absolute Gasteiger partial charge is 0.598 e. The fourth-order valence-corrected chi connectivity index (χ4v) is 7.25. The standard InChI is InChI=1S/C18H28BrFN4O2S2/c1-16(2,3)27(25)24-18(5,15-13(20)7-8-14(19)23-15)12-28(26)17(4,11-21)9-6-10-22-28/h7-8,22,24,26H,6,9-10,12H2,1-5H3/t17-,18-,27?/m0/s1. The predicted octanol–water partition coefficient (Wildman–Crippen LogP) is 4.11. The van der Waals surface area contributed by atoms with Crippen molar-refractivity contribution in [3.63, 3.8) is 0 Å². The average Bonchev–Trinajstić information content (AvgIpc) is 2.58. The Labute approximate surface area is 179 Å². The van der Waals surface area contributed by atoms with Crippen LogP contribution in [0.4, 0.5) is 4.39 Å². The van der Waals surface area contributed by atoms with E-state index in [1.807, 2.05) is 0 Å². The van der Waals surface area contributed by atoms with Crippen LogP contribution < -0.4 is 9.44 Å². The highest BCUT2D eigenvalue weighted by Gasteiger charge is 2.52. The maximum atomic E-state index is 14.8. The first kappa shape index (κ1) is 23.9. The summed E-state index contributed by atoms with van der Waals surface area (Å²) in [4.78, 5) is 4.29. The van der Waals surface area contributed by atoms with E-state index in [1.165, 1.54) is 12.1 Å². The molecule has 10 heteroatoms. The Hall–Kier alpha value is -0.410. The zero-order chi connectivity index (χ0) is 21.4. The Morgan fingerprint density at radius 3 is 2.71 bits per heavy atom. The van der Waals surface area contributed by atoms with Gasteiger partial charge in [0.05, 0.1) is 6.07 Å². The number of rotatable bonds is 5. The Balaban J connectivity index is 2.55. The van der Waals surface area contributed by atoms with Gasteiger partial charge < -0.3 is 9.11 Å². The van der Waals surface area contributed by atoms with E-state index in [0.717, 1.165) is 6.42 Å². The Morgan fingerprint density at radius 2 is 2.14 bits per heavy atom. The number of aromatic nitrogens is 1. The number of nitrogens with zero attached hydrogens (tertiary/aromatic N) is 2. The number of nitriles is 1. The highest BCUT2D eigenvalue weighted by molar-refractivity contribution is 9.10. The van der Waals surface area contributed by atoms with Gasteiger partial charge in [0.1, 0.15) is 31.1 Å². The lowest BCUT2D eigenvalue weighted by atomic mass is 10.0. The molecule has 158 valence electrons. The van der Waals surface area contributed by atoms with E-state index >= 15 is 0 Å². The maximum Gasteiger partial charge on any atom is 0.146 e. The maximum absolute atomic E-state index is 14.8. The Morgan fingerprint density at radius 1 is 1.50 bits per heavy atom. The molecule has 2 rings (SSSR count). The summed E-state index contributed by atoms with van der Waals surface area (Å²) < 4.78 is 44.2. The molecule has 3 N–H and O–H groups in total. The van der Waals surface area contributed by atoms with E-state index in [-0.39, 0.29) is 11.4 Å². The first-order valence-electron chi connectivity index (χ1n) is 8.97. The third-order valence-corrected chi connectivity index (χ3v) is 10.5. The Bertz CT molecular complexity index is 775. The van der Waals surface area contributed by atoms with E-state index in [2.05, 4.69) is 36.4 Å². The fraction of sp³-hybridized carbons (Fsp3) is 0.667. The predicted molar refractivity (Wildman–Crippen MR) is 117 cm³/mol. The lowest BCUT2D eigenvalue weighted by Gasteiger charge is -2.52. The normalized spacial score (nSPS) is 31.3. The molecule has 0 aromatic carbocycles. The number of hydrogen-bond donors (Lipinski definition) is 3. The van der Waals surface area contributed by atoms with Crippen LogP contribution in [0, 0.1) is 17.1 Å². The van der Waals surface area contributed by atoms with Gasteiger partial charge in [0.25, 0.3) is 0 Å². The highest BCUT2D eigenvalue weighted by atomic mass is 79.9. The number of halogens is 2. The fourth-order valence-electron chi connectivity index (χ4n) is 3.06. The number of hydrogen-bond acceptors (Lipinski definition) is 6. The second-order valence-corrected chi connectivity index (χ2v) is 14.1. The minimum absolute atomic E-state index is 0.00769. The van der Waals surface area contributed by atoms with Crippen molar-refractivity contribution in [2.45, 2.75) is 62.5 Å². The van der Waals surface area contributed by atoms with Crippen LogP contribution in [0.5, 0.6) is 0 Å². The highest BCUT2D eigenvalue weighted by Crippen LogP contribution is 2.59. The summed E-state index contributed by atoms with van der Waals surface area (Å²) in [6, 6.07) is 5.02. The zero-order valence-corrected chi connectivity index (χ0v) is 20.0. The first-order chi connectivity index (χ1) is 12.8. The van der Waals surface area contributed by atoms with Gasteiger partial charge >= 0.3 is 0 Å². The summed E-state index contributed by atoms with van der Waals surface area (Å²) in [6.45, 7) is 9.38. The van der Waals surface area contributed by atoms with E-state index in [1.54, 1.807) is 34.6 Å². The lowest BCUT2D eigenvalue weighted by molar-refractivity contribution is 0.409. The SMILES string of the molecule is CC(C)(C)[S+]([O-])N[C@@](C)(CS1(O)NCCC[C@@]1(C)C#N)c1nc(Br)ccc1F. The molecule has 1 aliphatic rings. The third kappa shape index (κ3) is 4.83. The topological polar surface area (TPSA) is 104 Å². The van der Waals surface area contributed by atoms with Crippen LogP contribution in [-0.2, 0) is 16.9 Å². The van der Waals surface area contributed by atoms with Crippen molar-refractivity contribution in [3.8, 4) is 6.07 Å². The summed E-state index contributed by atoms with van der Waals surface area (Å²) in [7, 11) is -2.69. The van der Waals surface area contributed by atoms with Crippen molar-refractivity contribution >= 4 is 37.8 Å².